The number of piperazine rings is 1. The molecule has 2 heterocycles. The summed E-state index contributed by atoms with van der Waals surface area (Å²) in [6, 6.07) is 13.8. The number of ether oxygens (including phenoxy) is 1. The normalized spacial score (nSPS) is 19.4. The van der Waals surface area contributed by atoms with Crippen molar-refractivity contribution >= 4 is 23.2 Å². The summed E-state index contributed by atoms with van der Waals surface area (Å²) in [5, 5.41) is 0. The van der Waals surface area contributed by atoms with Gasteiger partial charge in [0.1, 0.15) is 5.75 Å². The molecule has 6 heteroatoms. The Hall–Kier alpha value is -3.02. The molecular weight excluding hydrogens is 378 g/mol. The first-order valence-electron chi connectivity index (χ1n) is 10.5. The fraction of sp³-hybridized carbons (Fsp3) is 0.417. The molecule has 4 rings (SSSR count). The van der Waals surface area contributed by atoms with Crippen LogP contribution in [0.2, 0.25) is 0 Å². The molecule has 1 unspecified atom stereocenters. The van der Waals surface area contributed by atoms with Crippen molar-refractivity contribution in [1.82, 2.24) is 4.90 Å². The Morgan fingerprint density at radius 3 is 2.37 bits per heavy atom. The summed E-state index contributed by atoms with van der Waals surface area (Å²) in [6.07, 6.45) is 0.280. The van der Waals surface area contributed by atoms with Crippen molar-refractivity contribution in [2.45, 2.75) is 20.3 Å². The summed E-state index contributed by atoms with van der Waals surface area (Å²) in [6.45, 7) is 7.75. The Balaban J connectivity index is 1.37. The average molecular weight is 408 g/mol. The van der Waals surface area contributed by atoms with Gasteiger partial charge >= 0.3 is 0 Å². The summed E-state index contributed by atoms with van der Waals surface area (Å²) < 4.78 is 5.18. The van der Waals surface area contributed by atoms with Crippen LogP contribution in [0.3, 0.4) is 0 Å². The number of rotatable bonds is 4. The molecule has 30 heavy (non-hydrogen) atoms. The monoisotopic (exact) mass is 407 g/mol. The average Bonchev–Trinajstić information content (AvgIpc) is 3.17. The van der Waals surface area contributed by atoms with Crippen LogP contribution >= 0.6 is 0 Å². The van der Waals surface area contributed by atoms with Crippen molar-refractivity contribution in [2.75, 3.05) is 49.6 Å². The van der Waals surface area contributed by atoms with Crippen LogP contribution in [-0.2, 0) is 9.59 Å². The van der Waals surface area contributed by atoms with Crippen LogP contribution < -0.4 is 14.5 Å². The highest BCUT2D eigenvalue weighted by atomic mass is 16.5. The van der Waals surface area contributed by atoms with E-state index in [1.54, 1.807) is 12.0 Å². The molecule has 0 saturated carbocycles. The smallest absolute Gasteiger partial charge is 0.228 e. The highest BCUT2D eigenvalue weighted by molar-refractivity contribution is 6.00. The van der Waals surface area contributed by atoms with Crippen molar-refractivity contribution in [3.05, 3.63) is 53.6 Å². The standard InChI is InChI=1S/C24H29N3O3/c1-17-5-4-6-22(18(17)2)25-11-13-26(14-12-25)24(29)19-15-23(28)27(16-19)20-7-9-21(30-3)10-8-20/h4-10,19H,11-16H2,1-3H3. The van der Waals surface area contributed by atoms with E-state index in [9.17, 15) is 9.59 Å². The third-order valence-corrected chi connectivity index (χ3v) is 6.37. The molecule has 2 amide bonds. The minimum absolute atomic E-state index is 0.00698. The number of carbonyl (C=O) groups excluding carboxylic acids is 2. The molecule has 2 aromatic rings. The molecule has 0 N–H and O–H groups in total. The lowest BCUT2D eigenvalue weighted by molar-refractivity contribution is -0.136. The van der Waals surface area contributed by atoms with Gasteiger partial charge in [-0.2, -0.15) is 0 Å². The van der Waals surface area contributed by atoms with E-state index in [2.05, 4.69) is 36.9 Å². The second kappa shape index (κ2) is 8.38. The number of aryl methyl sites for hydroxylation is 1. The van der Waals surface area contributed by atoms with Crippen LogP contribution in [0.15, 0.2) is 42.5 Å². The Kier molecular flexibility index (Phi) is 5.66. The van der Waals surface area contributed by atoms with E-state index in [-0.39, 0.29) is 24.2 Å². The summed E-state index contributed by atoms with van der Waals surface area (Å²) in [5.41, 5.74) is 4.66. The highest BCUT2D eigenvalue weighted by Gasteiger charge is 2.38. The van der Waals surface area contributed by atoms with Gasteiger partial charge in [0.25, 0.3) is 0 Å². The molecular formula is C24H29N3O3. The quantitative estimate of drug-likeness (QED) is 0.782. The van der Waals surface area contributed by atoms with Gasteiger partial charge < -0.3 is 19.4 Å². The van der Waals surface area contributed by atoms with Gasteiger partial charge in [-0.25, -0.2) is 0 Å². The molecule has 2 saturated heterocycles. The Morgan fingerprint density at radius 1 is 1.00 bits per heavy atom. The molecule has 1 atom stereocenters. The lowest BCUT2D eigenvalue weighted by Gasteiger charge is -2.38. The van der Waals surface area contributed by atoms with E-state index >= 15 is 0 Å². The first-order valence-corrected chi connectivity index (χ1v) is 10.5. The van der Waals surface area contributed by atoms with Crippen LogP contribution in [0.1, 0.15) is 17.5 Å². The molecule has 2 aromatic carbocycles. The maximum Gasteiger partial charge on any atom is 0.228 e. The molecule has 0 radical (unpaired) electrons. The van der Waals surface area contributed by atoms with Crippen molar-refractivity contribution in [1.29, 1.82) is 0 Å². The van der Waals surface area contributed by atoms with Crippen LogP contribution in [0.4, 0.5) is 11.4 Å². The number of amides is 2. The topological polar surface area (TPSA) is 53.1 Å². The minimum atomic E-state index is -0.271. The SMILES string of the molecule is COc1ccc(N2CC(C(=O)N3CCN(c4cccc(C)c4C)CC3)CC2=O)cc1. The predicted molar refractivity (Wildman–Crippen MR) is 118 cm³/mol. The third-order valence-electron chi connectivity index (χ3n) is 6.37. The summed E-state index contributed by atoms with van der Waals surface area (Å²) in [7, 11) is 1.62. The Morgan fingerprint density at radius 2 is 1.70 bits per heavy atom. The molecule has 158 valence electrons. The third kappa shape index (κ3) is 3.86. The van der Waals surface area contributed by atoms with Crippen molar-refractivity contribution < 1.29 is 14.3 Å². The number of anilines is 2. The Labute approximate surface area is 178 Å². The largest absolute Gasteiger partial charge is 0.497 e. The van der Waals surface area contributed by atoms with Gasteiger partial charge in [0.15, 0.2) is 0 Å². The summed E-state index contributed by atoms with van der Waals surface area (Å²) in [5.74, 6) is 0.583. The van der Waals surface area contributed by atoms with Crippen LogP contribution in [0.25, 0.3) is 0 Å². The molecule has 0 spiro atoms. The number of methoxy groups -OCH3 is 1. The van der Waals surface area contributed by atoms with Gasteiger partial charge in [-0.15, -0.1) is 0 Å². The molecule has 2 fully saturated rings. The number of hydrogen-bond acceptors (Lipinski definition) is 4. The van der Waals surface area contributed by atoms with E-state index in [1.807, 2.05) is 29.2 Å². The fourth-order valence-corrected chi connectivity index (χ4v) is 4.39. The lowest BCUT2D eigenvalue weighted by atomic mass is 10.1. The van der Waals surface area contributed by atoms with Gasteiger partial charge in [-0.05, 0) is 55.3 Å². The first kappa shape index (κ1) is 20.3. The van der Waals surface area contributed by atoms with E-state index in [4.69, 9.17) is 4.74 Å². The molecule has 0 aliphatic carbocycles. The van der Waals surface area contributed by atoms with Crippen molar-refractivity contribution in [3.8, 4) is 5.75 Å². The van der Waals surface area contributed by atoms with Crippen molar-refractivity contribution in [3.63, 3.8) is 0 Å². The van der Waals surface area contributed by atoms with E-state index in [0.29, 0.717) is 19.6 Å². The zero-order chi connectivity index (χ0) is 21.3. The molecule has 2 aliphatic heterocycles. The molecule has 6 nitrogen and oxygen atoms in total. The highest BCUT2D eigenvalue weighted by Crippen LogP contribution is 2.29. The predicted octanol–water partition coefficient (Wildman–Crippen LogP) is 3.01. The van der Waals surface area contributed by atoms with Crippen molar-refractivity contribution in [2.24, 2.45) is 5.92 Å². The minimum Gasteiger partial charge on any atom is -0.497 e. The number of hydrogen-bond donors (Lipinski definition) is 0. The van der Waals surface area contributed by atoms with Gasteiger partial charge in [0.2, 0.25) is 11.8 Å². The van der Waals surface area contributed by atoms with Crippen LogP contribution in [0, 0.1) is 19.8 Å². The van der Waals surface area contributed by atoms with Gasteiger partial charge in [-0.1, -0.05) is 12.1 Å². The van der Waals surface area contributed by atoms with Crippen LogP contribution in [0.5, 0.6) is 5.75 Å². The van der Waals surface area contributed by atoms with Crippen LogP contribution in [-0.4, -0.2) is 56.5 Å². The number of nitrogens with zero attached hydrogens (tertiary/aromatic N) is 3. The zero-order valence-corrected chi connectivity index (χ0v) is 17.9. The van der Waals surface area contributed by atoms with E-state index < -0.39 is 0 Å². The molecule has 0 aromatic heterocycles. The van der Waals surface area contributed by atoms with Gasteiger partial charge in [-0.3, -0.25) is 9.59 Å². The summed E-state index contributed by atoms with van der Waals surface area (Å²) >= 11 is 0. The second-order valence-corrected chi connectivity index (χ2v) is 8.13. The van der Waals surface area contributed by atoms with E-state index in [1.165, 1.54) is 16.8 Å². The molecule has 2 aliphatic rings. The zero-order valence-electron chi connectivity index (χ0n) is 17.9. The Bertz CT molecular complexity index is 933. The molecule has 0 bridgehead atoms. The number of carbonyl (C=O) groups is 2. The van der Waals surface area contributed by atoms with E-state index in [0.717, 1.165) is 24.5 Å². The second-order valence-electron chi connectivity index (χ2n) is 8.13. The maximum absolute atomic E-state index is 13.1. The fourth-order valence-electron chi connectivity index (χ4n) is 4.39. The number of benzene rings is 2. The van der Waals surface area contributed by atoms with Gasteiger partial charge in [0.05, 0.1) is 13.0 Å². The summed E-state index contributed by atoms with van der Waals surface area (Å²) in [4.78, 5) is 31.6. The lowest BCUT2D eigenvalue weighted by Crippen LogP contribution is -2.51. The maximum atomic E-state index is 13.1. The van der Waals surface area contributed by atoms with Gasteiger partial charge in [0, 0.05) is 50.5 Å². The first-order chi connectivity index (χ1) is 14.5.